The van der Waals surface area contributed by atoms with E-state index >= 15 is 0 Å². The Bertz CT molecular complexity index is 297. The summed E-state index contributed by atoms with van der Waals surface area (Å²) in [7, 11) is 0. The third-order valence-corrected chi connectivity index (χ3v) is 2.37. The first-order chi connectivity index (χ1) is 7.25. The van der Waals surface area contributed by atoms with Crippen molar-refractivity contribution in [1.82, 2.24) is 0 Å². The molecule has 1 aromatic rings. The van der Waals surface area contributed by atoms with E-state index in [4.69, 9.17) is 14.6 Å². The first kappa shape index (κ1) is 10.6. The highest BCUT2D eigenvalue weighted by molar-refractivity contribution is 5.13. The van der Waals surface area contributed by atoms with E-state index in [1.807, 2.05) is 30.3 Å². The number of ether oxygens (including phenoxy) is 2. The maximum absolute atomic E-state index is 9.13. The summed E-state index contributed by atoms with van der Waals surface area (Å²) in [6, 6.07) is 9.99. The summed E-state index contributed by atoms with van der Waals surface area (Å²) in [6.45, 7) is 2.33. The lowest BCUT2D eigenvalue weighted by molar-refractivity contribution is 0.0384. The monoisotopic (exact) mass is 208 g/mol. The molecule has 0 aromatic heterocycles. The fourth-order valence-corrected chi connectivity index (χ4v) is 1.53. The number of aliphatic hydroxyl groups is 1. The Balaban J connectivity index is 1.68. The topological polar surface area (TPSA) is 42.0 Å². The molecule has 0 aliphatic carbocycles. The number of rotatable bonds is 5. The van der Waals surface area contributed by atoms with E-state index in [-0.39, 0.29) is 18.5 Å². The standard InChI is InChI=1S/C12H16O3/c1-9(13)7-11-12(15-11)14-8-10-5-3-2-4-6-10/h2-6,9,11-13H,7-8H2,1H3. The second-order valence-electron chi connectivity index (χ2n) is 3.92. The van der Waals surface area contributed by atoms with Crippen LogP contribution in [0.1, 0.15) is 18.9 Å². The highest BCUT2D eigenvalue weighted by atomic mass is 16.8. The van der Waals surface area contributed by atoms with Crippen LogP contribution in [0.4, 0.5) is 0 Å². The molecule has 0 bridgehead atoms. The Morgan fingerprint density at radius 3 is 2.80 bits per heavy atom. The van der Waals surface area contributed by atoms with Crippen molar-refractivity contribution in [3.63, 3.8) is 0 Å². The van der Waals surface area contributed by atoms with E-state index in [0.29, 0.717) is 13.0 Å². The Morgan fingerprint density at radius 1 is 1.40 bits per heavy atom. The van der Waals surface area contributed by atoms with Gasteiger partial charge in [-0.1, -0.05) is 30.3 Å². The molecule has 2 rings (SSSR count). The van der Waals surface area contributed by atoms with E-state index in [0.717, 1.165) is 5.56 Å². The molecule has 0 radical (unpaired) electrons. The van der Waals surface area contributed by atoms with E-state index in [2.05, 4.69) is 0 Å². The van der Waals surface area contributed by atoms with Crippen LogP contribution in [-0.2, 0) is 16.1 Å². The number of aliphatic hydroxyl groups excluding tert-OH is 1. The average molecular weight is 208 g/mol. The van der Waals surface area contributed by atoms with Gasteiger partial charge in [0.05, 0.1) is 12.7 Å². The van der Waals surface area contributed by atoms with Crippen LogP contribution in [0.15, 0.2) is 30.3 Å². The molecule has 1 aliphatic rings. The van der Waals surface area contributed by atoms with Crippen molar-refractivity contribution in [3.8, 4) is 0 Å². The molecule has 82 valence electrons. The van der Waals surface area contributed by atoms with Gasteiger partial charge in [-0.2, -0.15) is 0 Å². The normalized spacial score (nSPS) is 26.3. The van der Waals surface area contributed by atoms with Crippen LogP contribution in [0.2, 0.25) is 0 Å². The summed E-state index contributed by atoms with van der Waals surface area (Å²) >= 11 is 0. The molecule has 1 aliphatic heterocycles. The van der Waals surface area contributed by atoms with Crippen LogP contribution in [0.25, 0.3) is 0 Å². The van der Waals surface area contributed by atoms with E-state index in [1.165, 1.54) is 0 Å². The molecule has 0 spiro atoms. The van der Waals surface area contributed by atoms with Crippen molar-refractivity contribution in [3.05, 3.63) is 35.9 Å². The fourth-order valence-electron chi connectivity index (χ4n) is 1.53. The number of hydrogen-bond acceptors (Lipinski definition) is 3. The van der Waals surface area contributed by atoms with Crippen LogP contribution in [0.5, 0.6) is 0 Å². The Morgan fingerprint density at radius 2 is 2.13 bits per heavy atom. The van der Waals surface area contributed by atoms with Crippen molar-refractivity contribution in [2.75, 3.05) is 0 Å². The van der Waals surface area contributed by atoms with E-state index in [9.17, 15) is 0 Å². The minimum Gasteiger partial charge on any atom is -0.393 e. The van der Waals surface area contributed by atoms with E-state index < -0.39 is 0 Å². The van der Waals surface area contributed by atoms with Gasteiger partial charge in [-0.05, 0) is 12.5 Å². The zero-order valence-corrected chi connectivity index (χ0v) is 8.80. The molecule has 3 heteroatoms. The Kier molecular flexibility index (Phi) is 3.36. The molecule has 0 amide bonds. The SMILES string of the molecule is CC(O)CC1OC1OCc1ccccc1. The van der Waals surface area contributed by atoms with Gasteiger partial charge in [0, 0.05) is 6.42 Å². The predicted octanol–water partition coefficient (Wildman–Crippen LogP) is 1.70. The van der Waals surface area contributed by atoms with Gasteiger partial charge in [0.2, 0.25) is 0 Å². The highest BCUT2D eigenvalue weighted by Crippen LogP contribution is 2.28. The van der Waals surface area contributed by atoms with Crippen LogP contribution in [-0.4, -0.2) is 23.6 Å². The molecule has 3 nitrogen and oxygen atoms in total. The minimum atomic E-state index is -0.319. The smallest absolute Gasteiger partial charge is 0.184 e. The molecule has 0 saturated carbocycles. The summed E-state index contributed by atoms with van der Waals surface area (Å²) in [5, 5.41) is 9.13. The lowest BCUT2D eigenvalue weighted by Gasteiger charge is -2.01. The van der Waals surface area contributed by atoms with Gasteiger partial charge in [0.15, 0.2) is 6.29 Å². The predicted molar refractivity (Wildman–Crippen MR) is 56.2 cm³/mol. The zero-order chi connectivity index (χ0) is 10.7. The fraction of sp³-hybridized carbons (Fsp3) is 0.500. The van der Waals surface area contributed by atoms with Gasteiger partial charge >= 0.3 is 0 Å². The summed E-state index contributed by atoms with van der Waals surface area (Å²) in [4.78, 5) is 0. The van der Waals surface area contributed by atoms with Crippen molar-refractivity contribution in [2.45, 2.75) is 38.4 Å². The van der Waals surface area contributed by atoms with Gasteiger partial charge in [0.1, 0.15) is 6.10 Å². The third kappa shape index (κ3) is 3.30. The largest absolute Gasteiger partial charge is 0.393 e. The molecule has 1 fully saturated rings. The van der Waals surface area contributed by atoms with Gasteiger partial charge in [-0.15, -0.1) is 0 Å². The molecular formula is C12H16O3. The quantitative estimate of drug-likeness (QED) is 0.749. The first-order valence-corrected chi connectivity index (χ1v) is 5.25. The Labute approximate surface area is 89.6 Å². The summed E-state index contributed by atoms with van der Waals surface area (Å²) in [5.74, 6) is 0. The molecule has 1 aromatic carbocycles. The summed E-state index contributed by atoms with van der Waals surface area (Å²) in [6.07, 6.45) is 0.285. The molecule has 15 heavy (non-hydrogen) atoms. The lowest BCUT2D eigenvalue weighted by Crippen LogP contribution is -2.08. The zero-order valence-electron chi connectivity index (χ0n) is 8.80. The van der Waals surface area contributed by atoms with Crippen LogP contribution in [0, 0.1) is 0 Å². The third-order valence-electron chi connectivity index (χ3n) is 2.37. The summed E-state index contributed by atoms with van der Waals surface area (Å²) < 4.78 is 10.8. The highest BCUT2D eigenvalue weighted by Gasteiger charge is 2.40. The number of hydrogen-bond donors (Lipinski definition) is 1. The van der Waals surface area contributed by atoms with Crippen molar-refractivity contribution in [2.24, 2.45) is 0 Å². The molecule has 1 heterocycles. The van der Waals surface area contributed by atoms with Crippen LogP contribution in [0.3, 0.4) is 0 Å². The molecule has 1 N–H and O–H groups in total. The second kappa shape index (κ2) is 4.75. The summed E-state index contributed by atoms with van der Waals surface area (Å²) in [5.41, 5.74) is 1.14. The maximum atomic E-state index is 9.13. The molecule has 1 saturated heterocycles. The Hall–Kier alpha value is -0.900. The van der Waals surface area contributed by atoms with Crippen molar-refractivity contribution in [1.29, 1.82) is 0 Å². The van der Waals surface area contributed by atoms with Gasteiger partial charge in [-0.3, -0.25) is 0 Å². The molecule has 3 unspecified atom stereocenters. The van der Waals surface area contributed by atoms with Crippen molar-refractivity contribution < 1.29 is 14.6 Å². The van der Waals surface area contributed by atoms with Gasteiger partial charge in [0.25, 0.3) is 0 Å². The van der Waals surface area contributed by atoms with Crippen molar-refractivity contribution >= 4 is 0 Å². The molecular weight excluding hydrogens is 192 g/mol. The minimum absolute atomic E-state index is 0.0775. The van der Waals surface area contributed by atoms with E-state index in [1.54, 1.807) is 6.92 Å². The molecule has 3 atom stereocenters. The van der Waals surface area contributed by atoms with Crippen LogP contribution < -0.4 is 0 Å². The number of epoxide rings is 1. The first-order valence-electron chi connectivity index (χ1n) is 5.25. The average Bonchev–Trinajstić information content (AvgIpc) is 2.94. The van der Waals surface area contributed by atoms with Crippen LogP contribution >= 0.6 is 0 Å². The maximum Gasteiger partial charge on any atom is 0.184 e. The van der Waals surface area contributed by atoms with Gasteiger partial charge in [-0.25, -0.2) is 0 Å². The number of benzene rings is 1. The van der Waals surface area contributed by atoms with Gasteiger partial charge < -0.3 is 14.6 Å². The second-order valence-corrected chi connectivity index (χ2v) is 3.92. The lowest BCUT2D eigenvalue weighted by atomic mass is 10.2.